The summed E-state index contributed by atoms with van der Waals surface area (Å²) in [5, 5.41) is 16.8. The summed E-state index contributed by atoms with van der Waals surface area (Å²) < 4.78 is 0. The molecule has 5 aromatic rings. The monoisotopic (exact) mass is 555 g/mol. The van der Waals surface area contributed by atoms with Gasteiger partial charge in [-0.2, -0.15) is 0 Å². The number of imidazole rings is 1. The number of carbonyl (C=O) groups excluding carboxylic acids is 1. The second kappa shape index (κ2) is 11.6. The number of anilines is 1. The Kier molecular flexibility index (Phi) is 7.85. The second-order valence-corrected chi connectivity index (χ2v) is 10.9. The van der Waals surface area contributed by atoms with Crippen molar-refractivity contribution in [1.29, 1.82) is 0 Å². The van der Waals surface area contributed by atoms with Gasteiger partial charge in [0.2, 0.25) is 5.91 Å². The van der Waals surface area contributed by atoms with Crippen LogP contribution in [-0.2, 0) is 4.79 Å². The lowest BCUT2D eigenvalue weighted by Gasteiger charge is -2.04. The molecule has 0 radical (unpaired) electrons. The van der Waals surface area contributed by atoms with Crippen molar-refractivity contribution in [2.75, 3.05) is 11.1 Å². The SMILES string of the molecule is Cc1ccc(-c2nc(SCCC(=O)Nc3nc(-c4cccc([N+](=O)[O-])c4)cs3)[nH]c2-c2ccc(C)cc2)cc1. The molecule has 0 bridgehead atoms. The minimum Gasteiger partial charge on any atom is -0.332 e. The molecule has 2 N–H and O–H groups in total. The summed E-state index contributed by atoms with van der Waals surface area (Å²) in [6.45, 7) is 4.12. The predicted octanol–water partition coefficient (Wildman–Crippen LogP) is 7.51. The lowest BCUT2D eigenvalue weighted by molar-refractivity contribution is -0.384. The van der Waals surface area contributed by atoms with Crippen molar-refractivity contribution in [3.8, 4) is 33.8 Å². The molecule has 8 nitrogen and oxygen atoms in total. The van der Waals surface area contributed by atoms with E-state index in [1.165, 1.54) is 46.4 Å². The Labute approximate surface area is 233 Å². The maximum atomic E-state index is 12.6. The van der Waals surface area contributed by atoms with E-state index in [0.717, 1.165) is 27.7 Å². The number of hydrogen-bond donors (Lipinski definition) is 2. The van der Waals surface area contributed by atoms with Gasteiger partial charge in [-0.25, -0.2) is 9.97 Å². The summed E-state index contributed by atoms with van der Waals surface area (Å²) in [5.41, 5.74) is 7.48. The Bertz CT molecular complexity index is 1560. The van der Waals surface area contributed by atoms with Crippen molar-refractivity contribution in [3.05, 3.63) is 99.4 Å². The largest absolute Gasteiger partial charge is 0.332 e. The molecule has 0 saturated heterocycles. The number of nitrogens with one attached hydrogen (secondary N) is 2. The van der Waals surface area contributed by atoms with Gasteiger partial charge in [0, 0.05) is 46.4 Å². The number of amides is 1. The molecule has 3 aromatic carbocycles. The molecule has 0 atom stereocenters. The van der Waals surface area contributed by atoms with Gasteiger partial charge in [-0.1, -0.05) is 83.6 Å². The van der Waals surface area contributed by atoms with Crippen molar-refractivity contribution in [3.63, 3.8) is 0 Å². The van der Waals surface area contributed by atoms with E-state index in [-0.39, 0.29) is 18.0 Å². The average Bonchev–Trinajstić information content (AvgIpc) is 3.57. The zero-order valence-corrected chi connectivity index (χ0v) is 22.9. The highest BCUT2D eigenvalue weighted by atomic mass is 32.2. The molecule has 0 spiro atoms. The molecule has 0 unspecified atom stereocenters. The van der Waals surface area contributed by atoms with Crippen molar-refractivity contribution in [2.24, 2.45) is 0 Å². The third kappa shape index (κ3) is 6.42. The van der Waals surface area contributed by atoms with Gasteiger partial charge >= 0.3 is 0 Å². The van der Waals surface area contributed by atoms with Crippen LogP contribution in [-0.4, -0.2) is 31.5 Å². The molecule has 0 aliphatic carbocycles. The van der Waals surface area contributed by atoms with E-state index in [1.54, 1.807) is 17.5 Å². The summed E-state index contributed by atoms with van der Waals surface area (Å²) in [6, 6.07) is 22.9. The number of nitro groups is 1. The van der Waals surface area contributed by atoms with Crippen LogP contribution in [0.1, 0.15) is 17.5 Å². The number of benzene rings is 3. The Hall–Kier alpha value is -4.28. The van der Waals surface area contributed by atoms with Crippen LogP contribution in [0.3, 0.4) is 0 Å². The highest BCUT2D eigenvalue weighted by molar-refractivity contribution is 7.99. The van der Waals surface area contributed by atoms with Crippen molar-refractivity contribution >= 4 is 39.8 Å². The molecule has 0 fully saturated rings. The predicted molar refractivity (Wildman–Crippen MR) is 157 cm³/mol. The third-order valence-corrected chi connectivity index (χ3v) is 7.65. The third-order valence-electron chi connectivity index (χ3n) is 6.02. The van der Waals surface area contributed by atoms with Crippen LogP contribution in [0.5, 0.6) is 0 Å². The first-order chi connectivity index (χ1) is 18.9. The van der Waals surface area contributed by atoms with Gasteiger partial charge in [-0.3, -0.25) is 14.9 Å². The number of aromatic nitrogens is 3. The average molecular weight is 556 g/mol. The minimum absolute atomic E-state index is 0.00268. The number of H-pyrrole nitrogens is 1. The molecule has 5 rings (SSSR count). The Morgan fingerprint density at radius 1 is 0.974 bits per heavy atom. The number of thiazole rings is 1. The van der Waals surface area contributed by atoms with E-state index in [4.69, 9.17) is 4.98 Å². The topological polar surface area (TPSA) is 114 Å². The van der Waals surface area contributed by atoms with Crippen LogP contribution in [0.4, 0.5) is 10.8 Å². The molecule has 10 heteroatoms. The van der Waals surface area contributed by atoms with E-state index in [0.29, 0.717) is 22.1 Å². The smallest absolute Gasteiger partial charge is 0.270 e. The van der Waals surface area contributed by atoms with E-state index in [2.05, 4.69) is 77.7 Å². The number of rotatable bonds is 9. The van der Waals surface area contributed by atoms with Crippen LogP contribution in [0.25, 0.3) is 33.8 Å². The first-order valence-corrected chi connectivity index (χ1v) is 14.1. The number of nitrogens with zero attached hydrogens (tertiary/aromatic N) is 3. The quantitative estimate of drug-likeness (QED) is 0.110. The van der Waals surface area contributed by atoms with Gasteiger partial charge in [-0.05, 0) is 13.8 Å². The Morgan fingerprint density at radius 2 is 1.67 bits per heavy atom. The fourth-order valence-electron chi connectivity index (χ4n) is 3.93. The van der Waals surface area contributed by atoms with E-state index in [1.807, 2.05) is 0 Å². The van der Waals surface area contributed by atoms with Crippen LogP contribution in [0.2, 0.25) is 0 Å². The van der Waals surface area contributed by atoms with Crippen LogP contribution in [0.15, 0.2) is 83.3 Å². The van der Waals surface area contributed by atoms with Crippen LogP contribution >= 0.6 is 23.1 Å². The van der Waals surface area contributed by atoms with Crippen molar-refractivity contribution < 1.29 is 9.72 Å². The fraction of sp³-hybridized carbons (Fsp3) is 0.138. The number of hydrogen-bond acceptors (Lipinski definition) is 7. The van der Waals surface area contributed by atoms with Gasteiger partial charge in [0.1, 0.15) is 0 Å². The van der Waals surface area contributed by atoms with Crippen LogP contribution in [0, 0.1) is 24.0 Å². The van der Waals surface area contributed by atoms with Crippen molar-refractivity contribution in [2.45, 2.75) is 25.4 Å². The minimum atomic E-state index is -0.442. The zero-order chi connectivity index (χ0) is 27.4. The second-order valence-electron chi connectivity index (χ2n) is 8.99. The molecule has 196 valence electrons. The standard InChI is InChI=1S/C29H25N5O3S2/c1-18-6-10-20(11-7-18)26-27(21-12-8-19(2)9-13-21)33-29(32-26)38-15-14-25(35)31-28-30-24(17-39-28)22-4-3-5-23(16-22)34(36)37/h3-13,16-17H,14-15H2,1-2H3,(H,32,33)(H,30,31,35). The number of non-ortho nitro benzene ring substituents is 1. The van der Waals surface area contributed by atoms with E-state index < -0.39 is 4.92 Å². The van der Waals surface area contributed by atoms with Crippen LogP contribution < -0.4 is 5.32 Å². The number of carbonyl (C=O) groups is 1. The number of aryl methyl sites for hydroxylation is 2. The molecule has 0 aliphatic heterocycles. The first kappa shape index (κ1) is 26.3. The van der Waals surface area contributed by atoms with E-state index >= 15 is 0 Å². The molecule has 2 aromatic heterocycles. The Balaban J connectivity index is 1.24. The molecule has 39 heavy (non-hydrogen) atoms. The lowest BCUT2D eigenvalue weighted by atomic mass is 10.0. The number of thioether (sulfide) groups is 1. The first-order valence-electron chi connectivity index (χ1n) is 12.2. The molecular formula is C29H25N5O3S2. The van der Waals surface area contributed by atoms with Gasteiger partial charge < -0.3 is 10.3 Å². The van der Waals surface area contributed by atoms with Gasteiger partial charge in [-0.15, -0.1) is 11.3 Å². The molecule has 0 saturated carbocycles. The van der Waals surface area contributed by atoms with E-state index in [9.17, 15) is 14.9 Å². The molecule has 2 heterocycles. The maximum Gasteiger partial charge on any atom is 0.270 e. The van der Waals surface area contributed by atoms with Gasteiger partial charge in [0.05, 0.1) is 22.0 Å². The summed E-state index contributed by atoms with van der Waals surface area (Å²) in [7, 11) is 0. The van der Waals surface area contributed by atoms with Gasteiger partial charge in [0.15, 0.2) is 10.3 Å². The van der Waals surface area contributed by atoms with Crippen molar-refractivity contribution in [1.82, 2.24) is 15.0 Å². The molecule has 1 amide bonds. The zero-order valence-electron chi connectivity index (χ0n) is 21.3. The summed E-state index contributed by atoms with van der Waals surface area (Å²) in [6.07, 6.45) is 0.275. The lowest BCUT2D eigenvalue weighted by Crippen LogP contribution is -2.12. The number of aromatic amines is 1. The Morgan fingerprint density at radius 3 is 2.36 bits per heavy atom. The highest BCUT2D eigenvalue weighted by Gasteiger charge is 2.16. The normalized spacial score (nSPS) is 10.9. The summed E-state index contributed by atoms with van der Waals surface area (Å²) in [4.78, 5) is 35.9. The van der Waals surface area contributed by atoms with Gasteiger partial charge in [0.25, 0.3) is 5.69 Å². The molecular weight excluding hydrogens is 530 g/mol. The number of nitro benzene ring substituents is 1. The maximum absolute atomic E-state index is 12.6. The fourth-order valence-corrected chi connectivity index (χ4v) is 5.48. The molecule has 0 aliphatic rings. The summed E-state index contributed by atoms with van der Waals surface area (Å²) in [5.74, 6) is 0.370. The highest BCUT2D eigenvalue weighted by Crippen LogP contribution is 2.33. The summed E-state index contributed by atoms with van der Waals surface area (Å²) >= 11 is 2.77.